The third-order valence-electron chi connectivity index (χ3n) is 4.88. The topological polar surface area (TPSA) is 290 Å². The standard InChI is InChI=1S/C14H23N3O15P2/c15-5-3-28-13(11(22)8(5)19)31-34(26,27)32-33(24,25)29-4-6-9(20)10(21)12(30-6)17-2-1-7(18)16-14(17)23/h1-2,5-6,8-13,19-22H,3-4,15H2,(H,24,25)(H,26,27)(H,16,18,23)/p-1/t5-,6+,8-,9+,10+,11+,12+,13+/m0/s1. The highest BCUT2D eigenvalue weighted by atomic mass is 31.3. The third-order valence-corrected chi connectivity index (χ3v) is 7.41. The molecule has 1 aromatic rings. The Morgan fingerprint density at radius 1 is 1.12 bits per heavy atom. The number of rotatable bonds is 8. The summed E-state index contributed by atoms with van der Waals surface area (Å²) < 4.78 is 47.2. The highest BCUT2D eigenvalue weighted by Crippen LogP contribution is 2.56. The van der Waals surface area contributed by atoms with E-state index in [1.807, 2.05) is 4.98 Å². The minimum atomic E-state index is -5.73. The molecule has 0 amide bonds. The van der Waals surface area contributed by atoms with E-state index in [1.165, 1.54) is 0 Å². The van der Waals surface area contributed by atoms with E-state index in [1.54, 1.807) is 0 Å². The summed E-state index contributed by atoms with van der Waals surface area (Å²) in [6.45, 7) is -1.37. The molecule has 2 aliphatic heterocycles. The molecule has 20 heteroatoms. The Kier molecular flexibility index (Phi) is 8.28. The van der Waals surface area contributed by atoms with Gasteiger partial charge in [0.15, 0.2) is 12.5 Å². The Hall–Kier alpha value is -1.34. The van der Waals surface area contributed by atoms with E-state index in [9.17, 15) is 48.9 Å². The van der Waals surface area contributed by atoms with Crippen molar-refractivity contribution in [3.05, 3.63) is 33.1 Å². The Morgan fingerprint density at radius 2 is 1.79 bits per heavy atom. The van der Waals surface area contributed by atoms with Crippen molar-refractivity contribution in [3.8, 4) is 0 Å². The molecule has 0 spiro atoms. The maximum absolute atomic E-state index is 11.9. The van der Waals surface area contributed by atoms with Gasteiger partial charge in [-0.25, -0.2) is 9.11 Å². The summed E-state index contributed by atoms with van der Waals surface area (Å²) in [5.41, 5.74) is 1.73. The first-order chi connectivity index (χ1) is 15.7. The van der Waals surface area contributed by atoms with E-state index < -0.39 is 82.6 Å². The number of nitrogens with zero attached hydrogens (tertiary/aromatic N) is 1. The number of hydrogen-bond acceptors (Lipinski definition) is 15. The number of aromatic nitrogens is 2. The molecule has 3 rings (SSSR count). The number of H-pyrrole nitrogens is 1. The van der Waals surface area contributed by atoms with Gasteiger partial charge in [-0.2, -0.15) is 0 Å². The number of phosphoric ester groups is 2. The monoisotopic (exact) mass is 534 g/mol. The molecular weight excluding hydrogens is 512 g/mol. The minimum Gasteiger partial charge on any atom is -0.756 e. The molecule has 0 bridgehead atoms. The summed E-state index contributed by atoms with van der Waals surface area (Å²) in [6.07, 6.45) is -11.1. The lowest BCUT2D eigenvalue weighted by atomic mass is 10.0. The Balaban J connectivity index is 1.59. The van der Waals surface area contributed by atoms with Gasteiger partial charge in [-0.05, 0) is 0 Å². The molecule has 2 aliphatic rings. The normalized spacial score (nSPS) is 37.7. The van der Waals surface area contributed by atoms with Gasteiger partial charge in [0.25, 0.3) is 21.2 Å². The van der Waals surface area contributed by atoms with Crippen molar-refractivity contribution in [2.75, 3.05) is 13.2 Å². The largest absolute Gasteiger partial charge is 0.756 e. The van der Waals surface area contributed by atoms with Gasteiger partial charge in [0.2, 0.25) is 0 Å². The van der Waals surface area contributed by atoms with Crippen LogP contribution in [0.4, 0.5) is 0 Å². The Bertz CT molecular complexity index is 1080. The number of nitrogens with one attached hydrogen (secondary N) is 1. The van der Waals surface area contributed by atoms with Crippen LogP contribution < -0.4 is 26.8 Å². The number of quaternary nitrogens is 1. The van der Waals surface area contributed by atoms with Crippen LogP contribution in [0, 0.1) is 0 Å². The lowest BCUT2D eigenvalue weighted by Crippen LogP contribution is -2.74. The molecule has 2 unspecified atom stereocenters. The molecule has 34 heavy (non-hydrogen) atoms. The van der Waals surface area contributed by atoms with Crippen molar-refractivity contribution in [1.29, 1.82) is 0 Å². The van der Waals surface area contributed by atoms with Crippen LogP contribution in [0.25, 0.3) is 0 Å². The molecule has 18 nitrogen and oxygen atoms in total. The zero-order valence-electron chi connectivity index (χ0n) is 17.0. The number of aliphatic hydroxyl groups excluding tert-OH is 4. The van der Waals surface area contributed by atoms with E-state index >= 15 is 0 Å². The molecule has 1 aromatic heterocycles. The molecule has 0 radical (unpaired) electrons. The summed E-state index contributed by atoms with van der Waals surface area (Å²) >= 11 is 0. The molecule has 3 heterocycles. The van der Waals surface area contributed by atoms with Crippen LogP contribution in [-0.4, -0.2) is 86.0 Å². The fourth-order valence-electron chi connectivity index (χ4n) is 3.13. The lowest BCUT2D eigenvalue weighted by molar-refractivity contribution is -0.468. The van der Waals surface area contributed by atoms with Crippen LogP contribution >= 0.6 is 15.6 Å². The van der Waals surface area contributed by atoms with E-state index in [4.69, 9.17) is 9.47 Å². The zero-order chi connectivity index (χ0) is 25.4. The SMILES string of the molecule is [NH3+][C@H]1CO[C@H](OP(=O)([O-])OP(=O)([O-])OC[C@H]2O[C@@H](n3ccc(=O)[nH]c3=O)[C@H](O)[C@@H]2O)[C@H](O)[C@H]1O. The molecular formula is C14H22N3O15P2-. The predicted octanol–water partition coefficient (Wildman–Crippen LogP) is -6.17. The quantitative estimate of drug-likeness (QED) is 0.169. The second-order valence-electron chi connectivity index (χ2n) is 7.38. The van der Waals surface area contributed by atoms with Crippen molar-refractivity contribution in [2.24, 2.45) is 0 Å². The van der Waals surface area contributed by atoms with Gasteiger partial charge in [0, 0.05) is 12.3 Å². The molecule has 0 aromatic carbocycles. The van der Waals surface area contributed by atoms with Crippen molar-refractivity contribution in [3.63, 3.8) is 0 Å². The highest BCUT2D eigenvalue weighted by Gasteiger charge is 2.45. The number of aliphatic hydroxyl groups is 4. The van der Waals surface area contributed by atoms with Crippen LogP contribution in [0.3, 0.4) is 0 Å². The van der Waals surface area contributed by atoms with E-state index in [2.05, 4.69) is 19.1 Å². The van der Waals surface area contributed by atoms with Crippen LogP contribution in [-0.2, 0) is 32.0 Å². The maximum Gasteiger partial charge on any atom is 0.330 e. The Morgan fingerprint density at radius 3 is 2.44 bits per heavy atom. The van der Waals surface area contributed by atoms with Gasteiger partial charge < -0.3 is 49.9 Å². The summed E-state index contributed by atoms with van der Waals surface area (Å²) in [6, 6.07) is 0.127. The zero-order valence-corrected chi connectivity index (χ0v) is 18.8. The number of hydrogen-bond donors (Lipinski definition) is 6. The second-order valence-corrected chi connectivity index (χ2v) is 10.3. The first kappa shape index (κ1) is 27.3. The molecule has 2 saturated heterocycles. The average Bonchev–Trinajstić information content (AvgIpc) is 3.00. The van der Waals surface area contributed by atoms with Gasteiger partial charge in [-0.1, -0.05) is 0 Å². The van der Waals surface area contributed by atoms with Gasteiger partial charge >= 0.3 is 5.69 Å². The van der Waals surface area contributed by atoms with Crippen molar-refractivity contribution < 1.29 is 67.9 Å². The first-order valence-corrected chi connectivity index (χ1v) is 12.4. The van der Waals surface area contributed by atoms with Gasteiger partial charge in [-0.15, -0.1) is 0 Å². The highest BCUT2D eigenvalue weighted by molar-refractivity contribution is 7.59. The molecule has 10 atom stereocenters. The van der Waals surface area contributed by atoms with E-state index in [-0.39, 0.29) is 6.61 Å². The number of ether oxygens (including phenoxy) is 2. The number of phosphoric acid groups is 2. The van der Waals surface area contributed by atoms with E-state index in [0.717, 1.165) is 16.8 Å². The Labute approximate surface area is 189 Å². The van der Waals surface area contributed by atoms with Gasteiger partial charge in [0.1, 0.15) is 43.2 Å². The lowest BCUT2D eigenvalue weighted by Gasteiger charge is -2.38. The number of aromatic amines is 1. The van der Waals surface area contributed by atoms with Gasteiger partial charge in [-0.3, -0.25) is 28.0 Å². The summed E-state index contributed by atoms with van der Waals surface area (Å²) in [5, 5.41) is 39.6. The molecule has 2 fully saturated rings. The maximum atomic E-state index is 11.9. The summed E-state index contributed by atoms with van der Waals surface area (Å²) in [5.74, 6) is 0. The molecule has 0 aliphatic carbocycles. The molecule has 0 saturated carbocycles. The van der Waals surface area contributed by atoms with Crippen molar-refractivity contribution in [1.82, 2.24) is 9.55 Å². The fourth-order valence-corrected chi connectivity index (χ4v) is 5.22. The predicted molar refractivity (Wildman–Crippen MR) is 99.0 cm³/mol. The minimum absolute atomic E-state index is 0.312. The van der Waals surface area contributed by atoms with Crippen LogP contribution in [0.15, 0.2) is 21.9 Å². The molecule has 194 valence electrons. The first-order valence-electron chi connectivity index (χ1n) is 9.51. The van der Waals surface area contributed by atoms with Gasteiger partial charge in [0.05, 0.1) is 6.61 Å². The average molecular weight is 534 g/mol. The third kappa shape index (κ3) is 6.26. The second kappa shape index (κ2) is 10.3. The van der Waals surface area contributed by atoms with Crippen LogP contribution in [0.1, 0.15) is 6.23 Å². The van der Waals surface area contributed by atoms with Crippen LogP contribution in [0.2, 0.25) is 0 Å². The summed E-state index contributed by atoms with van der Waals surface area (Å²) in [4.78, 5) is 48.8. The molecule has 8 N–H and O–H groups in total. The smallest absolute Gasteiger partial charge is 0.330 e. The van der Waals surface area contributed by atoms with Crippen molar-refractivity contribution >= 4 is 15.6 Å². The summed E-state index contributed by atoms with van der Waals surface area (Å²) in [7, 11) is -11.4. The van der Waals surface area contributed by atoms with Crippen LogP contribution in [0.5, 0.6) is 0 Å². The fraction of sp³-hybridized carbons (Fsp3) is 0.714. The van der Waals surface area contributed by atoms with E-state index in [0.29, 0.717) is 0 Å². The van der Waals surface area contributed by atoms with Crippen molar-refractivity contribution in [2.45, 2.75) is 49.1 Å².